The molecule has 82 valence electrons. The summed E-state index contributed by atoms with van der Waals surface area (Å²) in [5.41, 5.74) is 1.23. The molecule has 0 aliphatic carbocycles. The molecule has 0 atom stereocenters. The summed E-state index contributed by atoms with van der Waals surface area (Å²) in [6.07, 6.45) is 3.82. The van der Waals surface area contributed by atoms with Gasteiger partial charge in [-0.05, 0) is 30.5 Å². The van der Waals surface area contributed by atoms with Crippen molar-refractivity contribution in [3.8, 4) is 5.75 Å². The van der Waals surface area contributed by atoms with Crippen molar-refractivity contribution in [3.05, 3.63) is 29.8 Å². The Labute approximate surface area is 91.3 Å². The number of carbonyl (C=O) groups excluding carboxylic acids is 1. The van der Waals surface area contributed by atoms with E-state index in [9.17, 15) is 4.79 Å². The summed E-state index contributed by atoms with van der Waals surface area (Å²) >= 11 is 0. The molecule has 15 heavy (non-hydrogen) atoms. The molecule has 2 heteroatoms. The number of unbranched alkanes of at least 4 members (excludes halogenated alkanes) is 1. The molecule has 2 nitrogen and oxygen atoms in total. The van der Waals surface area contributed by atoms with Crippen molar-refractivity contribution < 1.29 is 9.53 Å². The molecule has 1 aromatic rings. The monoisotopic (exact) mass is 206 g/mol. The van der Waals surface area contributed by atoms with E-state index in [4.69, 9.17) is 4.74 Å². The number of rotatable bonds is 5. The molecule has 0 N–H and O–H groups in total. The third-order valence-electron chi connectivity index (χ3n) is 2.24. The number of aryl methyl sites for hydroxylation is 1. The Bertz CT molecular complexity index is 318. The van der Waals surface area contributed by atoms with E-state index in [0.717, 1.165) is 6.42 Å². The van der Waals surface area contributed by atoms with Gasteiger partial charge in [-0.3, -0.25) is 4.79 Å². The van der Waals surface area contributed by atoms with Crippen LogP contribution in [0.3, 0.4) is 0 Å². The molecule has 1 aromatic carbocycles. The topological polar surface area (TPSA) is 26.3 Å². The van der Waals surface area contributed by atoms with Gasteiger partial charge in [0.2, 0.25) is 0 Å². The van der Waals surface area contributed by atoms with Gasteiger partial charge in [0.25, 0.3) is 0 Å². The molecule has 0 saturated heterocycles. The van der Waals surface area contributed by atoms with Crippen LogP contribution >= 0.6 is 0 Å². The van der Waals surface area contributed by atoms with E-state index in [1.165, 1.54) is 18.4 Å². The third-order valence-corrected chi connectivity index (χ3v) is 2.24. The third kappa shape index (κ3) is 4.15. The van der Waals surface area contributed by atoms with Gasteiger partial charge in [-0.2, -0.15) is 0 Å². The second-order valence-corrected chi connectivity index (χ2v) is 3.58. The molecule has 0 aromatic heterocycles. The van der Waals surface area contributed by atoms with Crippen LogP contribution in [-0.2, 0) is 11.2 Å². The zero-order chi connectivity index (χ0) is 11.1. The summed E-state index contributed by atoms with van der Waals surface area (Å²) in [6, 6.07) is 7.77. The van der Waals surface area contributed by atoms with Crippen molar-refractivity contribution in [2.75, 3.05) is 0 Å². The quantitative estimate of drug-likeness (QED) is 0.545. The molecule has 0 aliphatic heterocycles. The molecular formula is C13H18O2. The Hall–Kier alpha value is -1.31. The van der Waals surface area contributed by atoms with Gasteiger partial charge in [0.1, 0.15) is 5.75 Å². The fourth-order valence-corrected chi connectivity index (χ4v) is 1.35. The first kappa shape index (κ1) is 11.8. The Kier molecular flexibility index (Phi) is 4.88. The molecule has 1 rings (SSSR count). The van der Waals surface area contributed by atoms with Crippen molar-refractivity contribution >= 4 is 5.97 Å². The van der Waals surface area contributed by atoms with E-state index in [1.54, 1.807) is 6.92 Å². The predicted octanol–water partition coefficient (Wildman–Crippen LogP) is 3.34. The lowest BCUT2D eigenvalue weighted by Crippen LogP contribution is -2.05. The van der Waals surface area contributed by atoms with E-state index in [-0.39, 0.29) is 5.97 Å². The van der Waals surface area contributed by atoms with Crippen LogP contribution in [0, 0.1) is 0 Å². The van der Waals surface area contributed by atoms with E-state index >= 15 is 0 Å². The minimum atomic E-state index is -0.178. The highest BCUT2D eigenvalue weighted by Crippen LogP contribution is 2.15. The van der Waals surface area contributed by atoms with E-state index in [2.05, 4.69) is 13.0 Å². The number of ether oxygens (including phenoxy) is 1. The normalized spacial score (nSPS) is 10.0. The van der Waals surface area contributed by atoms with Gasteiger partial charge in [-0.1, -0.05) is 32.4 Å². The fraction of sp³-hybridized carbons (Fsp3) is 0.462. The first-order valence-corrected chi connectivity index (χ1v) is 5.56. The van der Waals surface area contributed by atoms with Crippen molar-refractivity contribution in [1.82, 2.24) is 0 Å². The predicted molar refractivity (Wildman–Crippen MR) is 61.0 cm³/mol. The van der Waals surface area contributed by atoms with Crippen LogP contribution < -0.4 is 4.74 Å². The molecule has 0 saturated carbocycles. The minimum Gasteiger partial charge on any atom is -0.427 e. The molecule has 0 heterocycles. The summed E-state index contributed by atoms with van der Waals surface area (Å²) in [6.45, 7) is 3.96. The Morgan fingerprint density at radius 2 is 2.13 bits per heavy atom. The number of esters is 1. The smallest absolute Gasteiger partial charge is 0.310 e. The van der Waals surface area contributed by atoms with Gasteiger partial charge in [0, 0.05) is 6.42 Å². The van der Waals surface area contributed by atoms with Crippen LogP contribution in [0.4, 0.5) is 0 Å². The summed E-state index contributed by atoms with van der Waals surface area (Å²) < 4.78 is 5.15. The second-order valence-electron chi connectivity index (χ2n) is 3.58. The summed E-state index contributed by atoms with van der Waals surface area (Å²) in [5.74, 6) is 0.484. The maximum atomic E-state index is 11.1. The van der Waals surface area contributed by atoms with Gasteiger partial charge in [-0.15, -0.1) is 0 Å². The lowest BCUT2D eigenvalue weighted by Gasteiger charge is -2.05. The molecule has 0 spiro atoms. The second kappa shape index (κ2) is 6.23. The molecule has 0 radical (unpaired) electrons. The van der Waals surface area contributed by atoms with Crippen molar-refractivity contribution in [2.45, 2.75) is 39.5 Å². The van der Waals surface area contributed by atoms with Gasteiger partial charge >= 0.3 is 5.97 Å². The lowest BCUT2D eigenvalue weighted by atomic mass is 10.1. The molecule has 0 bridgehead atoms. The SMILES string of the molecule is CCCCc1cccc(OC(=O)CC)c1. The number of benzene rings is 1. The van der Waals surface area contributed by atoms with E-state index in [1.807, 2.05) is 18.2 Å². The lowest BCUT2D eigenvalue weighted by molar-refractivity contribution is -0.134. The first-order valence-electron chi connectivity index (χ1n) is 5.56. The first-order chi connectivity index (χ1) is 7.26. The summed E-state index contributed by atoms with van der Waals surface area (Å²) in [7, 11) is 0. The van der Waals surface area contributed by atoms with Crippen LogP contribution in [0.15, 0.2) is 24.3 Å². The van der Waals surface area contributed by atoms with Gasteiger partial charge < -0.3 is 4.74 Å². The van der Waals surface area contributed by atoms with Crippen LogP contribution in [-0.4, -0.2) is 5.97 Å². The molecule has 0 unspecified atom stereocenters. The zero-order valence-electron chi connectivity index (χ0n) is 9.45. The van der Waals surface area contributed by atoms with Crippen molar-refractivity contribution in [1.29, 1.82) is 0 Å². The largest absolute Gasteiger partial charge is 0.427 e. The Morgan fingerprint density at radius 1 is 1.33 bits per heavy atom. The van der Waals surface area contributed by atoms with Gasteiger partial charge in [0.15, 0.2) is 0 Å². The number of hydrogen-bond donors (Lipinski definition) is 0. The van der Waals surface area contributed by atoms with Crippen LogP contribution in [0.2, 0.25) is 0 Å². The van der Waals surface area contributed by atoms with Crippen molar-refractivity contribution in [2.24, 2.45) is 0 Å². The number of hydrogen-bond acceptors (Lipinski definition) is 2. The van der Waals surface area contributed by atoms with Crippen LogP contribution in [0.25, 0.3) is 0 Å². The molecule has 0 amide bonds. The highest BCUT2D eigenvalue weighted by Gasteiger charge is 2.01. The minimum absolute atomic E-state index is 0.178. The Balaban J connectivity index is 2.61. The Morgan fingerprint density at radius 3 is 2.80 bits per heavy atom. The van der Waals surface area contributed by atoms with Crippen LogP contribution in [0.1, 0.15) is 38.7 Å². The van der Waals surface area contributed by atoms with Crippen molar-refractivity contribution in [3.63, 3.8) is 0 Å². The molecule has 0 aliphatic rings. The molecule has 0 fully saturated rings. The maximum absolute atomic E-state index is 11.1. The number of carbonyl (C=O) groups is 1. The fourth-order valence-electron chi connectivity index (χ4n) is 1.35. The summed E-state index contributed by atoms with van der Waals surface area (Å²) in [5, 5.41) is 0. The van der Waals surface area contributed by atoms with Gasteiger partial charge in [0.05, 0.1) is 0 Å². The maximum Gasteiger partial charge on any atom is 0.310 e. The van der Waals surface area contributed by atoms with Gasteiger partial charge in [-0.25, -0.2) is 0 Å². The molecular weight excluding hydrogens is 188 g/mol. The van der Waals surface area contributed by atoms with Crippen LogP contribution in [0.5, 0.6) is 5.75 Å². The summed E-state index contributed by atoms with van der Waals surface area (Å²) in [4.78, 5) is 11.1. The standard InChI is InChI=1S/C13H18O2/c1-3-5-7-11-8-6-9-12(10-11)15-13(14)4-2/h6,8-10H,3-5,7H2,1-2H3. The average Bonchev–Trinajstić information content (AvgIpc) is 2.26. The zero-order valence-corrected chi connectivity index (χ0v) is 9.45. The highest BCUT2D eigenvalue weighted by atomic mass is 16.5. The highest BCUT2D eigenvalue weighted by molar-refractivity contribution is 5.71. The van der Waals surface area contributed by atoms with E-state index in [0.29, 0.717) is 12.2 Å². The average molecular weight is 206 g/mol. The van der Waals surface area contributed by atoms with E-state index < -0.39 is 0 Å².